The SMILES string of the molecule is Cc1noc(-c2nnc3n2CCNC3C)n1. The van der Waals surface area contributed by atoms with Crippen LogP contribution in [0.1, 0.15) is 24.6 Å². The number of aryl methyl sites for hydroxylation is 1. The second-order valence-corrected chi connectivity index (χ2v) is 3.86. The maximum Gasteiger partial charge on any atom is 0.295 e. The molecule has 3 heterocycles. The number of nitrogens with one attached hydrogen (secondary N) is 1. The molecule has 1 aliphatic heterocycles. The molecule has 7 heteroatoms. The highest BCUT2D eigenvalue weighted by Crippen LogP contribution is 2.21. The van der Waals surface area contributed by atoms with E-state index in [1.165, 1.54) is 0 Å². The van der Waals surface area contributed by atoms with E-state index in [2.05, 4.69) is 32.6 Å². The minimum absolute atomic E-state index is 0.207. The Morgan fingerprint density at radius 1 is 1.44 bits per heavy atom. The first kappa shape index (κ1) is 9.46. The maximum atomic E-state index is 5.11. The molecule has 1 aliphatic rings. The highest BCUT2D eigenvalue weighted by atomic mass is 16.5. The second kappa shape index (κ2) is 3.38. The summed E-state index contributed by atoms with van der Waals surface area (Å²) in [5.41, 5.74) is 0. The molecule has 0 fully saturated rings. The van der Waals surface area contributed by atoms with Crippen LogP contribution in [-0.2, 0) is 6.54 Å². The number of nitrogens with zero attached hydrogens (tertiary/aromatic N) is 5. The Hall–Kier alpha value is -1.76. The van der Waals surface area contributed by atoms with Gasteiger partial charge in [0.1, 0.15) is 5.82 Å². The Morgan fingerprint density at radius 2 is 2.31 bits per heavy atom. The van der Waals surface area contributed by atoms with Crippen molar-refractivity contribution in [3.8, 4) is 11.7 Å². The molecular formula is C9H12N6O. The van der Waals surface area contributed by atoms with Crippen LogP contribution in [0.5, 0.6) is 0 Å². The normalized spacial score (nSPS) is 19.8. The lowest BCUT2D eigenvalue weighted by atomic mass is 10.2. The number of rotatable bonds is 1. The highest BCUT2D eigenvalue weighted by Gasteiger charge is 2.24. The summed E-state index contributed by atoms with van der Waals surface area (Å²) in [6.45, 7) is 5.56. The molecule has 0 radical (unpaired) electrons. The van der Waals surface area contributed by atoms with Gasteiger partial charge in [-0.2, -0.15) is 4.98 Å². The third-order valence-electron chi connectivity index (χ3n) is 2.67. The van der Waals surface area contributed by atoms with Crippen LogP contribution < -0.4 is 5.32 Å². The minimum atomic E-state index is 0.207. The van der Waals surface area contributed by atoms with Gasteiger partial charge in [-0.05, 0) is 13.8 Å². The molecule has 0 bridgehead atoms. The predicted molar refractivity (Wildman–Crippen MR) is 54.5 cm³/mol. The molecule has 0 aliphatic carbocycles. The van der Waals surface area contributed by atoms with E-state index in [0.717, 1.165) is 18.9 Å². The average Bonchev–Trinajstić information content (AvgIpc) is 2.84. The molecule has 3 rings (SSSR count). The zero-order chi connectivity index (χ0) is 11.1. The molecule has 0 amide bonds. The molecule has 7 nitrogen and oxygen atoms in total. The van der Waals surface area contributed by atoms with Crippen LogP contribution in [0.25, 0.3) is 11.7 Å². The van der Waals surface area contributed by atoms with Crippen molar-refractivity contribution >= 4 is 0 Å². The van der Waals surface area contributed by atoms with Crippen LogP contribution in [0.15, 0.2) is 4.52 Å². The van der Waals surface area contributed by atoms with Crippen molar-refractivity contribution in [3.05, 3.63) is 11.6 Å². The summed E-state index contributed by atoms with van der Waals surface area (Å²) >= 11 is 0. The zero-order valence-corrected chi connectivity index (χ0v) is 9.14. The average molecular weight is 220 g/mol. The lowest BCUT2D eigenvalue weighted by Gasteiger charge is -2.21. The molecule has 84 valence electrons. The van der Waals surface area contributed by atoms with Crippen LogP contribution in [0.3, 0.4) is 0 Å². The van der Waals surface area contributed by atoms with E-state index in [0.29, 0.717) is 17.5 Å². The van der Waals surface area contributed by atoms with Gasteiger partial charge in [0.2, 0.25) is 5.82 Å². The Labute approximate surface area is 91.9 Å². The third-order valence-corrected chi connectivity index (χ3v) is 2.67. The molecule has 0 saturated carbocycles. The zero-order valence-electron chi connectivity index (χ0n) is 9.14. The van der Waals surface area contributed by atoms with Gasteiger partial charge in [-0.25, -0.2) is 0 Å². The van der Waals surface area contributed by atoms with Crippen molar-refractivity contribution in [1.29, 1.82) is 0 Å². The van der Waals surface area contributed by atoms with Gasteiger partial charge in [0.25, 0.3) is 5.89 Å². The van der Waals surface area contributed by atoms with Crippen molar-refractivity contribution in [1.82, 2.24) is 30.2 Å². The minimum Gasteiger partial charge on any atom is -0.330 e. The molecule has 16 heavy (non-hydrogen) atoms. The smallest absolute Gasteiger partial charge is 0.295 e. The monoisotopic (exact) mass is 220 g/mol. The predicted octanol–water partition coefficient (Wildman–Crippen LogP) is 0.301. The Bertz CT molecular complexity index is 516. The third kappa shape index (κ3) is 1.32. The molecule has 2 aromatic heterocycles. The molecule has 0 aromatic carbocycles. The first-order valence-electron chi connectivity index (χ1n) is 5.23. The fourth-order valence-electron chi connectivity index (χ4n) is 1.89. The number of fused-ring (bicyclic) bond motifs is 1. The number of aromatic nitrogens is 5. The number of hydrogen-bond donors (Lipinski definition) is 1. The van der Waals surface area contributed by atoms with Gasteiger partial charge in [-0.1, -0.05) is 5.16 Å². The summed E-state index contributed by atoms with van der Waals surface area (Å²) in [6, 6.07) is 0.207. The van der Waals surface area contributed by atoms with E-state index in [-0.39, 0.29) is 6.04 Å². The van der Waals surface area contributed by atoms with E-state index in [9.17, 15) is 0 Å². The standard InChI is InChI=1S/C9H12N6O/c1-5-7-12-13-8(15(7)4-3-10-5)9-11-6(2)14-16-9/h5,10H,3-4H2,1-2H3. The quantitative estimate of drug-likeness (QED) is 0.744. The fourth-order valence-corrected chi connectivity index (χ4v) is 1.89. The Morgan fingerprint density at radius 3 is 3.06 bits per heavy atom. The van der Waals surface area contributed by atoms with E-state index < -0.39 is 0 Å². The first-order valence-corrected chi connectivity index (χ1v) is 5.23. The Kier molecular flexibility index (Phi) is 2.00. The van der Waals surface area contributed by atoms with E-state index in [1.807, 2.05) is 4.57 Å². The lowest BCUT2D eigenvalue weighted by molar-refractivity contribution is 0.410. The summed E-state index contributed by atoms with van der Waals surface area (Å²) < 4.78 is 7.13. The van der Waals surface area contributed by atoms with E-state index in [4.69, 9.17) is 4.52 Å². The summed E-state index contributed by atoms with van der Waals surface area (Å²) in [4.78, 5) is 4.16. The van der Waals surface area contributed by atoms with Crippen LogP contribution in [0.4, 0.5) is 0 Å². The molecule has 1 atom stereocenters. The van der Waals surface area contributed by atoms with Gasteiger partial charge in [-0.15, -0.1) is 10.2 Å². The van der Waals surface area contributed by atoms with Crippen molar-refractivity contribution in [2.75, 3.05) is 6.54 Å². The van der Waals surface area contributed by atoms with Crippen LogP contribution in [-0.4, -0.2) is 31.4 Å². The second-order valence-electron chi connectivity index (χ2n) is 3.86. The summed E-state index contributed by atoms with van der Waals surface area (Å²) in [5.74, 6) is 2.61. The summed E-state index contributed by atoms with van der Waals surface area (Å²) in [7, 11) is 0. The molecule has 1 unspecified atom stereocenters. The largest absolute Gasteiger partial charge is 0.330 e. The molecular weight excluding hydrogens is 208 g/mol. The van der Waals surface area contributed by atoms with Crippen LogP contribution in [0.2, 0.25) is 0 Å². The maximum absolute atomic E-state index is 5.11. The fraction of sp³-hybridized carbons (Fsp3) is 0.556. The van der Waals surface area contributed by atoms with Crippen LogP contribution in [0, 0.1) is 6.92 Å². The summed E-state index contributed by atoms with van der Waals surface area (Å²) in [6.07, 6.45) is 0. The van der Waals surface area contributed by atoms with E-state index >= 15 is 0 Å². The van der Waals surface area contributed by atoms with Crippen molar-refractivity contribution in [2.24, 2.45) is 0 Å². The lowest BCUT2D eigenvalue weighted by Crippen LogP contribution is -2.32. The number of hydrogen-bond acceptors (Lipinski definition) is 6. The molecule has 0 spiro atoms. The molecule has 0 saturated heterocycles. The van der Waals surface area contributed by atoms with Crippen LogP contribution >= 0.6 is 0 Å². The molecule has 1 N–H and O–H groups in total. The van der Waals surface area contributed by atoms with Crippen molar-refractivity contribution in [3.63, 3.8) is 0 Å². The topological polar surface area (TPSA) is 81.7 Å². The van der Waals surface area contributed by atoms with Crippen molar-refractivity contribution in [2.45, 2.75) is 26.4 Å². The van der Waals surface area contributed by atoms with Gasteiger partial charge in [0.15, 0.2) is 5.82 Å². The van der Waals surface area contributed by atoms with Gasteiger partial charge in [0.05, 0.1) is 6.04 Å². The Balaban J connectivity index is 2.09. The van der Waals surface area contributed by atoms with Gasteiger partial charge < -0.3 is 14.4 Å². The van der Waals surface area contributed by atoms with Crippen molar-refractivity contribution < 1.29 is 4.52 Å². The van der Waals surface area contributed by atoms with Gasteiger partial charge in [0, 0.05) is 13.1 Å². The first-order chi connectivity index (χ1) is 7.75. The van der Waals surface area contributed by atoms with E-state index in [1.54, 1.807) is 6.92 Å². The van der Waals surface area contributed by atoms with Gasteiger partial charge in [-0.3, -0.25) is 0 Å². The summed E-state index contributed by atoms with van der Waals surface area (Å²) in [5, 5.41) is 15.3. The van der Waals surface area contributed by atoms with Gasteiger partial charge >= 0.3 is 0 Å². The highest BCUT2D eigenvalue weighted by molar-refractivity contribution is 5.40. The molecule has 2 aromatic rings.